The SMILES string of the molecule is Cc1ccc(C(=O)NCC2CCCCS2)c(F)c1. The zero-order valence-corrected chi connectivity index (χ0v) is 11.4. The van der Waals surface area contributed by atoms with Gasteiger partial charge in [-0.2, -0.15) is 11.8 Å². The van der Waals surface area contributed by atoms with Crippen molar-refractivity contribution in [2.75, 3.05) is 12.3 Å². The molecule has 0 saturated carbocycles. The smallest absolute Gasteiger partial charge is 0.254 e. The zero-order valence-electron chi connectivity index (χ0n) is 10.5. The van der Waals surface area contributed by atoms with E-state index in [1.165, 1.54) is 24.7 Å². The van der Waals surface area contributed by atoms with Crippen LogP contribution in [0, 0.1) is 12.7 Å². The predicted molar refractivity (Wildman–Crippen MR) is 73.6 cm³/mol. The molecule has 0 spiro atoms. The molecule has 1 aromatic rings. The van der Waals surface area contributed by atoms with Crippen LogP contribution in [0.1, 0.15) is 35.2 Å². The molecule has 1 N–H and O–H groups in total. The van der Waals surface area contributed by atoms with Crippen LogP contribution in [0.2, 0.25) is 0 Å². The fourth-order valence-corrected chi connectivity index (χ4v) is 3.31. The Hall–Kier alpha value is -1.03. The number of hydrogen-bond donors (Lipinski definition) is 1. The maximum Gasteiger partial charge on any atom is 0.254 e. The molecule has 1 heterocycles. The fourth-order valence-electron chi connectivity index (χ4n) is 2.07. The van der Waals surface area contributed by atoms with Gasteiger partial charge in [-0.3, -0.25) is 4.79 Å². The second-order valence-electron chi connectivity index (χ2n) is 4.68. The van der Waals surface area contributed by atoms with Crippen molar-refractivity contribution in [3.63, 3.8) is 0 Å². The molecule has 1 aliphatic heterocycles. The Kier molecular flexibility index (Phi) is 4.64. The van der Waals surface area contributed by atoms with Crippen molar-refractivity contribution in [3.8, 4) is 0 Å². The summed E-state index contributed by atoms with van der Waals surface area (Å²) in [7, 11) is 0. The highest BCUT2D eigenvalue weighted by Gasteiger charge is 2.16. The molecule has 0 radical (unpaired) electrons. The topological polar surface area (TPSA) is 29.1 Å². The van der Waals surface area contributed by atoms with Gasteiger partial charge in [0.05, 0.1) is 5.56 Å². The van der Waals surface area contributed by atoms with E-state index in [0.29, 0.717) is 11.8 Å². The maximum absolute atomic E-state index is 13.6. The third-order valence-corrected chi connectivity index (χ3v) is 4.53. The van der Waals surface area contributed by atoms with Crippen LogP contribution in [-0.4, -0.2) is 23.5 Å². The molecule has 1 fully saturated rings. The molecule has 1 atom stereocenters. The van der Waals surface area contributed by atoms with Crippen LogP contribution >= 0.6 is 11.8 Å². The maximum atomic E-state index is 13.6. The third kappa shape index (κ3) is 3.48. The minimum absolute atomic E-state index is 0.140. The first-order valence-corrected chi connectivity index (χ1v) is 7.37. The van der Waals surface area contributed by atoms with Crippen LogP contribution in [-0.2, 0) is 0 Å². The van der Waals surface area contributed by atoms with Crippen LogP contribution in [0.3, 0.4) is 0 Å². The summed E-state index contributed by atoms with van der Waals surface area (Å²) in [5.74, 6) is 0.418. The molecular weight excluding hydrogens is 249 g/mol. The highest BCUT2D eigenvalue weighted by atomic mass is 32.2. The van der Waals surface area contributed by atoms with E-state index in [1.54, 1.807) is 12.1 Å². The summed E-state index contributed by atoms with van der Waals surface area (Å²) in [5, 5.41) is 3.31. The summed E-state index contributed by atoms with van der Waals surface area (Å²) in [6.45, 7) is 2.44. The lowest BCUT2D eigenvalue weighted by atomic mass is 10.1. The van der Waals surface area contributed by atoms with Gasteiger partial charge in [-0.25, -0.2) is 4.39 Å². The molecule has 1 unspecified atom stereocenters. The van der Waals surface area contributed by atoms with Crippen molar-refractivity contribution in [3.05, 3.63) is 35.1 Å². The molecule has 0 bridgehead atoms. The van der Waals surface area contributed by atoms with Crippen molar-refractivity contribution >= 4 is 17.7 Å². The summed E-state index contributed by atoms with van der Waals surface area (Å²) in [6.07, 6.45) is 3.63. The van der Waals surface area contributed by atoms with E-state index < -0.39 is 5.82 Å². The molecule has 2 nitrogen and oxygen atoms in total. The molecule has 1 aromatic carbocycles. The summed E-state index contributed by atoms with van der Waals surface area (Å²) in [6, 6.07) is 4.70. The van der Waals surface area contributed by atoms with Crippen molar-refractivity contribution in [1.82, 2.24) is 5.32 Å². The second-order valence-corrected chi connectivity index (χ2v) is 6.09. The molecule has 18 heavy (non-hydrogen) atoms. The summed E-state index contributed by atoms with van der Waals surface area (Å²) < 4.78 is 13.6. The van der Waals surface area contributed by atoms with Crippen molar-refractivity contribution < 1.29 is 9.18 Å². The van der Waals surface area contributed by atoms with Crippen LogP contribution < -0.4 is 5.32 Å². The number of rotatable bonds is 3. The molecule has 1 saturated heterocycles. The molecule has 0 aliphatic carbocycles. The van der Waals surface area contributed by atoms with Crippen LogP contribution in [0.15, 0.2) is 18.2 Å². The number of hydrogen-bond acceptors (Lipinski definition) is 2. The van der Waals surface area contributed by atoms with Crippen LogP contribution in [0.5, 0.6) is 0 Å². The van der Waals surface area contributed by atoms with Crippen LogP contribution in [0.25, 0.3) is 0 Å². The number of benzene rings is 1. The van der Waals surface area contributed by atoms with Crippen LogP contribution in [0.4, 0.5) is 4.39 Å². The standard InChI is InChI=1S/C14H18FNOS/c1-10-5-6-12(13(15)8-10)14(17)16-9-11-4-2-3-7-18-11/h5-6,8,11H,2-4,7,9H2,1H3,(H,16,17). The van der Waals surface area contributed by atoms with E-state index in [4.69, 9.17) is 0 Å². The minimum atomic E-state index is -0.441. The van der Waals surface area contributed by atoms with E-state index in [0.717, 1.165) is 12.0 Å². The van der Waals surface area contributed by atoms with Gasteiger partial charge in [0.25, 0.3) is 5.91 Å². The Morgan fingerprint density at radius 1 is 1.50 bits per heavy atom. The number of carbonyl (C=O) groups excluding carboxylic acids is 1. The van der Waals surface area contributed by atoms with Gasteiger partial charge < -0.3 is 5.32 Å². The Morgan fingerprint density at radius 2 is 2.33 bits per heavy atom. The third-order valence-electron chi connectivity index (χ3n) is 3.13. The van der Waals surface area contributed by atoms with E-state index in [-0.39, 0.29) is 11.5 Å². The van der Waals surface area contributed by atoms with E-state index in [1.807, 2.05) is 18.7 Å². The lowest BCUT2D eigenvalue weighted by Crippen LogP contribution is -2.32. The van der Waals surface area contributed by atoms with E-state index in [2.05, 4.69) is 5.32 Å². The number of carbonyl (C=O) groups is 1. The van der Waals surface area contributed by atoms with Gasteiger partial charge in [-0.1, -0.05) is 12.5 Å². The van der Waals surface area contributed by atoms with Gasteiger partial charge in [-0.05, 0) is 43.2 Å². The Labute approximate surface area is 111 Å². The number of thioether (sulfide) groups is 1. The fraction of sp³-hybridized carbons (Fsp3) is 0.500. The predicted octanol–water partition coefficient (Wildman–Crippen LogP) is 3.15. The van der Waals surface area contributed by atoms with Crippen molar-refractivity contribution in [1.29, 1.82) is 0 Å². The Morgan fingerprint density at radius 3 is 3.00 bits per heavy atom. The minimum Gasteiger partial charge on any atom is -0.351 e. The molecule has 98 valence electrons. The van der Waals surface area contributed by atoms with Gasteiger partial charge in [-0.15, -0.1) is 0 Å². The zero-order chi connectivity index (χ0) is 13.0. The Bertz CT molecular complexity index is 430. The first-order valence-electron chi connectivity index (χ1n) is 6.33. The first kappa shape index (κ1) is 13.4. The lowest BCUT2D eigenvalue weighted by Gasteiger charge is -2.21. The molecule has 4 heteroatoms. The lowest BCUT2D eigenvalue weighted by molar-refractivity contribution is 0.0949. The second kappa shape index (κ2) is 6.23. The van der Waals surface area contributed by atoms with Gasteiger partial charge in [0, 0.05) is 11.8 Å². The van der Waals surface area contributed by atoms with Crippen molar-refractivity contribution in [2.24, 2.45) is 0 Å². The number of nitrogens with one attached hydrogen (secondary N) is 1. The highest BCUT2D eigenvalue weighted by Crippen LogP contribution is 2.24. The average Bonchev–Trinajstić information content (AvgIpc) is 2.37. The number of amides is 1. The normalized spacial score (nSPS) is 19.6. The van der Waals surface area contributed by atoms with E-state index >= 15 is 0 Å². The van der Waals surface area contributed by atoms with Gasteiger partial charge in [0.1, 0.15) is 5.82 Å². The molecule has 1 aliphatic rings. The van der Waals surface area contributed by atoms with Gasteiger partial charge in [0.2, 0.25) is 0 Å². The number of aryl methyl sites for hydroxylation is 1. The molecule has 2 rings (SSSR count). The first-order chi connectivity index (χ1) is 8.66. The summed E-state index contributed by atoms with van der Waals surface area (Å²) >= 11 is 1.90. The largest absolute Gasteiger partial charge is 0.351 e. The Balaban J connectivity index is 1.90. The number of halogens is 1. The van der Waals surface area contributed by atoms with E-state index in [9.17, 15) is 9.18 Å². The molecular formula is C14H18FNOS. The van der Waals surface area contributed by atoms with Gasteiger partial charge >= 0.3 is 0 Å². The average molecular weight is 267 g/mol. The summed E-state index contributed by atoms with van der Waals surface area (Å²) in [5.41, 5.74) is 0.966. The molecule has 0 aromatic heterocycles. The summed E-state index contributed by atoms with van der Waals surface area (Å²) in [4.78, 5) is 11.9. The van der Waals surface area contributed by atoms with Crippen molar-refractivity contribution in [2.45, 2.75) is 31.4 Å². The molecule has 1 amide bonds. The monoisotopic (exact) mass is 267 g/mol. The quantitative estimate of drug-likeness (QED) is 0.911. The highest BCUT2D eigenvalue weighted by molar-refractivity contribution is 7.99. The van der Waals surface area contributed by atoms with Gasteiger partial charge in [0.15, 0.2) is 0 Å².